The number of halogens is 1. The molecule has 1 rings (SSSR count). The molecule has 0 radical (unpaired) electrons. The maximum absolute atomic E-state index is 10.9. The van der Waals surface area contributed by atoms with Gasteiger partial charge in [-0.2, -0.15) is 0 Å². The van der Waals surface area contributed by atoms with E-state index < -0.39 is 6.09 Å². The Morgan fingerprint density at radius 3 is 2.75 bits per heavy atom. The van der Waals surface area contributed by atoms with Crippen LogP contribution in [0.5, 0.6) is 0 Å². The highest BCUT2D eigenvalue weighted by molar-refractivity contribution is 6.17. The molecule has 0 aromatic rings. The summed E-state index contributed by atoms with van der Waals surface area (Å²) in [6, 6.07) is 0.159. The molecule has 1 fully saturated rings. The van der Waals surface area contributed by atoms with E-state index in [-0.39, 0.29) is 17.5 Å². The summed E-state index contributed by atoms with van der Waals surface area (Å²) in [5.74, 6) is 0. The number of carbonyl (C=O) groups excluding carboxylic acids is 1. The molecule has 1 N–H and O–H groups in total. The monoisotopic (exact) mass is 191 g/mol. The fourth-order valence-electron chi connectivity index (χ4n) is 1.37. The van der Waals surface area contributed by atoms with Gasteiger partial charge in [0.15, 0.2) is 6.07 Å². The van der Waals surface area contributed by atoms with Crippen LogP contribution in [0, 0.1) is 5.41 Å². The molecular formula is C8H14ClNO2. The van der Waals surface area contributed by atoms with Crippen molar-refractivity contribution in [2.24, 2.45) is 5.41 Å². The molecule has 1 aliphatic rings. The number of amides is 1. The lowest BCUT2D eigenvalue weighted by Gasteiger charge is -2.44. The number of nitrogens with one attached hydrogen (secondary N) is 1. The number of ether oxygens (including phenoxy) is 1. The third-order valence-electron chi connectivity index (χ3n) is 2.50. The van der Waals surface area contributed by atoms with Crippen molar-refractivity contribution in [3.05, 3.63) is 0 Å². The van der Waals surface area contributed by atoms with E-state index in [9.17, 15) is 4.79 Å². The molecular weight excluding hydrogens is 178 g/mol. The summed E-state index contributed by atoms with van der Waals surface area (Å²) in [6.07, 6.45) is 1.77. The highest BCUT2D eigenvalue weighted by Crippen LogP contribution is 2.39. The van der Waals surface area contributed by atoms with Crippen molar-refractivity contribution < 1.29 is 9.53 Å². The minimum absolute atomic E-state index is 0.0843. The topological polar surface area (TPSA) is 38.3 Å². The summed E-state index contributed by atoms with van der Waals surface area (Å²) in [5, 5.41) is 2.76. The molecule has 0 saturated heterocycles. The van der Waals surface area contributed by atoms with Crippen LogP contribution in [0.15, 0.2) is 0 Å². The molecule has 1 unspecified atom stereocenters. The van der Waals surface area contributed by atoms with Gasteiger partial charge in [0.05, 0.1) is 0 Å². The Balaban J connectivity index is 2.28. The van der Waals surface area contributed by atoms with Crippen LogP contribution >= 0.6 is 11.6 Å². The molecule has 1 amide bonds. The van der Waals surface area contributed by atoms with Crippen LogP contribution in [0.1, 0.15) is 26.7 Å². The van der Waals surface area contributed by atoms with E-state index in [1.165, 1.54) is 0 Å². The van der Waals surface area contributed by atoms with E-state index in [1.807, 2.05) is 0 Å². The van der Waals surface area contributed by atoms with Gasteiger partial charge in [-0.05, 0) is 18.3 Å². The van der Waals surface area contributed by atoms with Crippen molar-refractivity contribution in [3.63, 3.8) is 0 Å². The Hall–Kier alpha value is -0.440. The van der Waals surface area contributed by atoms with Gasteiger partial charge in [0.2, 0.25) is 0 Å². The third kappa shape index (κ3) is 2.03. The number of carbonyl (C=O) groups is 1. The maximum Gasteiger partial charge on any atom is 0.408 e. The van der Waals surface area contributed by atoms with Crippen molar-refractivity contribution in [1.82, 2.24) is 5.32 Å². The fraction of sp³-hybridized carbons (Fsp3) is 0.875. The van der Waals surface area contributed by atoms with Crippen molar-refractivity contribution in [1.29, 1.82) is 0 Å². The quantitative estimate of drug-likeness (QED) is 0.679. The Bertz CT molecular complexity index is 182. The maximum atomic E-state index is 10.9. The highest BCUT2D eigenvalue weighted by atomic mass is 35.5. The summed E-state index contributed by atoms with van der Waals surface area (Å²) < 4.78 is 4.56. The average molecular weight is 192 g/mol. The second kappa shape index (κ2) is 3.52. The van der Waals surface area contributed by atoms with Gasteiger partial charge in [0.25, 0.3) is 0 Å². The normalized spacial score (nSPS) is 25.8. The summed E-state index contributed by atoms with van der Waals surface area (Å²) in [4.78, 5) is 10.9. The lowest BCUT2D eigenvalue weighted by molar-refractivity contribution is 0.0926. The van der Waals surface area contributed by atoms with E-state index in [4.69, 9.17) is 11.6 Å². The summed E-state index contributed by atoms with van der Waals surface area (Å²) >= 11 is 5.23. The molecule has 4 heteroatoms. The van der Waals surface area contributed by atoms with E-state index in [0.717, 1.165) is 12.8 Å². The molecule has 70 valence electrons. The lowest BCUT2D eigenvalue weighted by atomic mass is 9.67. The molecule has 0 aromatic heterocycles. The second-order valence-electron chi connectivity index (χ2n) is 3.77. The zero-order valence-electron chi connectivity index (χ0n) is 7.39. The molecule has 12 heavy (non-hydrogen) atoms. The Labute approximate surface area is 77.4 Å². The van der Waals surface area contributed by atoms with E-state index in [1.54, 1.807) is 0 Å². The van der Waals surface area contributed by atoms with Gasteiger partial charge in [0, 0.05) is 6.04 Å². The first-order chi connectivity index (χ1) is 5.56. The Morgan fingerprint density at radius 1 is 1.75 bits per heavy atom. The van der Waals surface area contributed by atoms with Gasteiger partial charge < -0.3 is 10.1 Å². The predicted octanol–water partition coefficient (Wildman–Crippen LogP) is 2.10. The first kappa shape index (κ1) is 9.65. The SMILES string of the molecule is CC1(C)CCC1NC(=O)OCCl. The summed E-state index contributed by atoms with van der Waals surface area (Å²) in [7, 11) is 0. The van der Waals surface area contributed by atoms with E-state index in [2.05, 4.69) is 23.9 Å². The van der Waals surface area contributed by atoms with Crippen LogP contribution in [0.4, 0.5) is 4.79 Å². The van der Waals surface area contributed by atoms with Crippen molar-refractivity contribution in [2.75, 3.05) is 6.07 Å². The smallest absolute Gasteiger partial charge is 0.408 e. The van der Waals surface area contributed by atoms with Crippen LogP contribution in [0.3, 0.4) is 0 Å². The standard InChI is InChI=1S/C8H14ClNO2/c1-8(2)4-3-6(8)10-7(11)12-5-9/h6H,3-5H2,1-2H3,(H,10,11). The molecule has 0 aliphatic heterocycles. The molecule has 0 bridgehead atoms. The van der Waals surface area contributed by atoms with Gasteiger partial charge in [-0.1, -0.05) is 25.4 Å². The van der Waals surface area contributed by atoms with Gasteiger partial charge in [0.1, 0.15) is 0 Å². The fourth-order valence-corrected chi connectivity index (χ4v) is 1.47. The molecule has 0 heterocycles. The number of alkyl halides is 1. The number of rotatable bonds is 2. The summed E-state index contributed by atoms with van der Waals surface area (Å²) in [5.41, 5.74) is 0.214. The lowest BCUT2D eigenvalue weighted by Crippen LogP contribution is -2.52. The molecule has 0 aromatic carbocycles. The average Bonchev–Trinajstić information content (AvgIpc) is 1.99. The third-order valence-corrected chi connectivity index (χ3v) is 2.61. The second-order valence-corrected chi connectivity index (χ2v) is 3.98. The van der Waals surface area contributed by atoms with Gasteiger partial charge in [-0.25, -0.2) is 4.79 Å². The largest absolute Gasteiger partial charge is 0.433 e. The minimum Gasteiger partial charge on any atom is -0.433 e. The first-order valence-electron chi connectivity index (χ1n) is 4.05. The van der Waals surface area contributed by atoms with Crippen molar-refractivity contribution in [2.45, 2.75) is 32.7 Å². The zero-order chi connectivity index (χ0) is 9.19. The number of hydrogen-bond acceptors (Lipinski definition) is 2. The Morgan fingerprint density at radius 2 is 2.42 bits per heavy atom. The van der Waals surface area contributed by atoms with Crippen LogP contribution in [-0.4, -0.2) is 18.2 Å². The molecule has 0 spiro atoms. The molecule has 1 aliphatic carbocycles. The van der Waals surface area contributed by atoms with E-state index in [0.29, 0.717) is 0 Å². The number of hydrogen-bond donors (Lipinski definition) is 1. The highest BCUT2D eigenvalue weighted by Gasteiger charge is 2.39. The molecule has 3 nitrogen and oxygen atoms in total. The van der Waals surface area contributed by atoms with Gasteiger partial charge >= 0.3 is 6.09 Å². The van der Waals surface area contributed by atoms with E-state index >= 15 is 0 Å². The van der Waals surface area contributed by atoms with Crippen LogP contribution in [-0.2, 0) is 4.74 Å². The van der Waals surface area contributed by atoms with Crippen LogP contribution < -0.4 is 5.32 Å². The first-order valence-corrected chi connectivity index (χ1v) is 4.59. The van der Waals surface area contributed by atoms with Crippen molar-refractivity contribution >= 4 is 17.7 Å². The van der Waals surface area contributed by atoms with Crippen LogP contribution in [0.25, 0.3) is 0 Å². The molecule has 1 atom stereocenters. The van der Waals surface area contributed by atoms with Gasteiger partial charge in [-0.3, -0.25) is 0 Å². The minimum atomic E-state index is -0.414. The predicted molar refractivity (Wildman–Crippen MR) is 47.1 cm³/mol. The Kier molecular flexibility index (Phi) is 2.83. The summed E-state index contributed by atoms with van der Waals surface area (Å²) in [6.45, 7) is 4.25. The molecule has 1 saturated carbocycles. The van der Waals surface area contributed by atoms with Crippen LogP contribution in [0.2, 0.25) is 0 Å². The zero-order valence-corrected chi connectivity index (χ0v) is 8.15. The van der Waals surface area contributed by atoms with Gasteiger partial charge in [-0.15, -0.1) is 0 Å². The number of alkyl carbamates (subject to hydrolysis) is 1. The van der Waals surface area contributed by atoms with Crippen molar-refractivity contribution in [3.8, 4) is 0 Å².